The minimum atomic E-state index is -0.679. The lowest BCUT2D eigenvalue weighted by atomic mass is 9.92. The lowest BCUT2D eigenvalue weighted by Gasteiger charge is -2.24. The summed E-state index contributed by atoms with van der Waals surface area (Å²) in [4.78, 5) is 16.6. The van der Waals surface area contributed by atoms with Crippen LogP contribution in [0.15, 0.2) is 48.5 Å². The summed E-state index contributed by atoms with van der Waals surface area (Å²) in [6.45, 7) is 3.83. The maximum Gasteiger partial charge on any atom is 0.260 e. The van der Waals surface area contributed by atoms with Crippen LogP contribution in [0.2, 0.25) is 0 Å². The molecule has 1 aromatic heterocycles. The first kappa shape index (κ1) is 16.3. The Morgan fingerprint density at radius 2 is 2.04 bits per heavy atom. The van der Waals surface area contributed by atoms with Gasteiger partial charge in [-0.2, -0.15) is 0 Å². The minimum absolute atomic E-state index is 0.313. The van der Waals surface area contributed by atoms with Gasteiger partial charge in [-0.25, -0.2) is 4.39 Å². The molecule has 2 aliphatic heterocycles. The molecule has 0 aliphatic carbocycles. The number of aromatic nitrogens is 1. The van der Waals surface area contributed by atoms with E-state index in [4.69, 9.17) is 9.47 Å². The molecule has 0 atom stereocenters. The Balaban J connectivity index is 1.89. The Hall–Kier alpha value is -3.15. The van der Waals surface area contributed by atoms with Gasteiger partial charge in [0.1, 0.15) is 22.9 Å². The predicted molar refractivity (Wildman–Crippen MR) is 95.9 cm³/mol. The number of pyridine rings is 1. The number of ether oxygens (including phenoxy) is 2. The number of anilines is 1. The number of carbonyl (C=O) groups excluding carboxylic acids is 1. The maximum absolute atomic E-state index is 13.5. The van der Waals surface area contributed by atoms with Gasteiger partial charge in [-0.05, 0) is 44.2 Å². The van der Waals surface area contributed by atoms with Crippen molar-refractivity contribution in [1.29, 1.82) is 0 Å². The summed E-state index contributed by atoms with van der Waals surface area (Å²) in [6, 6.07) is 5.99. The highest BCUT2D eigenvalue weighted by atomic mass is 19.1. The zero-order valence-corrected chi connectivity index (χ0v) is 14.6. The molecule has 1 aromatic carbocycles. The van der Waals surface area contributed by atoms with Crippen LogP contribution in [0, 0.1) is 5.82 Å². The van der Waals surface area contributed by atoms with Gasteiger partial charge in [0, 0.05) is 29.1 Å². The van der Waals surface area contributed by atoms with Crippen LogP contribution >= 0.6 is 0 Å². The number of nitrogens with one attached hydrogen (secondary N) is 1. The van der Waals surface area contributed by atoms with Crippen molar-refractivity contribution in [3.05, 3.63) is 65.4 Å². The third-order valence-corrected chi connectivity index (χ3v) is 4.55. The van der Waals surface area contributed by atoms with E-state index in [1.165, 1.54) is 12.1 Å². The molecule has 0 bridgehead atoms. The van der Waals surface area contributed by atoms with E-state index >= 15 is 0 Å². The first-order chi connectivity index (χ1) is 12.4. The maximum atomic E-state index is 13.5. The van der Waals surface area contributed by atoms with E-state index in [1.54, 1.807) is 31.6 Å². The number of rotatable bonds is 2. The van der Waals surface area contributed by atoms with Crippen molar-refractivity contribution in [2.75, 3.05) is 12.4 Å². The number of hydrogen-bond acceptors (Lipinski definition) is 4. The van der Waals surface area contributed by atoms with Crippen molar-refractivity contribution in [2.24, 2.45) is 0 Å². The first-order valence-electron chi connectivity index (χ1n) is 8.16. The zero-order valence-electron chi connectivity index (χ0n) is 14.6. The summed E-state index contributed by atoms with van der Waals surface area (Å²) in [6.07, 6.45) is 5.19. The van der Waals surface area contributed by atoms with Gasteiger partial charge in [-0.15, -0.1) is 0 Å². The Labute approximate surface area is 150 Å². The van der Waals surface area contributed by atoms with Gasteiger partial charge in [-0.3, -0.25) is 9.78 Å². The van der Waals surface area contributed by atoms with Crippen LogP contribution in [0.5, 0.6) is 5.75 Å². The smallest absolute Gasteiger partial charge is 0.260 e. The standard InChI is InChI=1S/C20H17FN2O3/c1-20(2)14(13-10-22-7-6-16(13)25-3)9-17(26-20)18-12-5-4-11(21)8-15(12)23-19(18)24/h4-10H,1-3H3,(H,23,24)/b18-17+. The molecule has 4 rings (SSSR count). The van der Waals surface area contributed by atoms with E-state index in [-0.39, 0.29) is 5.91 Å². The van der Waals surface area contributed by atoms with Crippen molar-refractivity contribution in [1.82, 2.24) is 4.98 Å². The minimum Gasteiger partial charge on any atom is -0.496 e. The van der Waals surface area contributed by atoms with E-state index in [0.29, 0.717) is 28.3 Å². The third-order valence-electron chi connectivity index (χ3n) is 4.55. The van der Waals surface area contributed by atoms with Crippen molar-refractivity contribution in [2.45, 2.75) is 19.4 Å². The number of nitrogens with zero attached hydrogens (tertiary/aromatic N) is 1. The largest absolute Gasteiger partial charge is 0.496 e. The number of carbonyl (C=O) groups is 1. The van der Waals surface area contributed by atoms with Crippen LogP contribution < -0.4 is 10.1 Å². The summed E-state index contributed by atoms with van der Waals surface area (Å²) >= 11 is 0. The summed E-state index contributed by atoms with van der Waals surface area (Å²) < 4.78 is 25.0. The Morgan fingerprint density at radius 1 is 1.23 bits per heavy atom. The van der Waals surface area contributed by atoms with Crippen LogP contribution in [0.1, 0.15) is 25.0 Å². The average Bonchev–Trinajstić information content (AvgIpc) is 3.09. The van der Waals surface area contributed by atoms with Gasteiger partial charge in [-0.1, -0.05) is 0 Å². The number of allylic oxidation sites excluding steroid dienone is 1. The molecule has 5 nitrogen and oxygen atoms in total. The molecule has 6 heteroatoms. The van der Waals surface area contributed by atoms with Gasteiger partial charge < -0.3 is 14.8 Å². The molecule has 0 saturated heterocycles. The average molecular weight is 352 g/mol. The molecule has 132 valence electrons. The van der Waals surface area contributed by atoms with E-state index in [2.05, 4.69) is 10.3 Å². The second-order valence-corrected chi connectivity index (χ2v) is 6.63. The molecule has 26 heavy (non-hydrogen) atoms. The van der Waals surface area contributed by atoms with Gasteiger partial charge >= 0.3 is 0 Å². The molecule has 2 aliphatic rings. The topological polar surface area (TPSA) is 60.5 Å². The fraction of sp³-hybridized carbons (Fsp3) is 0.200. The number of amides is 1. The highest BCUT2D eigenvalue weighted by molar-refractivity contribution is 6.32. The molecule has 0 radical (unpaired) electrons. The molecule has 0 saturated carbocycles. The second kappa shape index (κ2) is 5.69. The van der Waals surface area contributed by atoms with Crippen LogP contribution in [0.4, 0.5) is 10.1 Å². The van der Waals surface area contributed by atoms with Crippen LogP contribution in [-0.2, 0) is 9.53 Å². The van der Waals surface area contributed by atoms with Gasteiger partial charge in [0.15, 0.2) is 0 Å². The first-order valence-corrected chi connectivity index (χ1v) is 8.16. The molecule has 2 aromatic rings. The zero-order chi connectivity index (χ0) is 18.5. The SMILES string of the molecule is COc1ccncc1C1=C/C(=C2\C(=O)Nc3cc(F)ccc32)OC1(C)C. The predicted octanol–water partition coefficient (Wildman–Crippen LogP) is 3.78. The van der Waals surface area contributed by atoms with Crippen LogP contribution in [0.3, 0.4) is 0 Å². The number of fused-ring (bicyclic) bond motifs is 1. The van der Waals surface area contributed by atoms with Crippen molar-refractivity contribution in [3.63, 3.8) is 0 Å². The van der Waals surface area contributed by atoms with Gasteiger partial charge in [0.25, 0.3) is 5.91 Å². The Bertz CT molecular complexity index is 992. The number of halogens is 1. The second-order valence-electron chi connectivity index (χ2n) is 6.63. The quantitative estimate of drug-likeness (QED) is 0.836. The normalized spacial score (nSPS) is 20.3. The van der Waals surface area contributed by atoms with Crippen LogP contribution in [0.25, 0.3) is 11.1 Å². The van der Waals surface area contributed by atoms with E-state index < -0.39 is 11.4 Å². The van der Waals surface area contributed by atoms with E-state index in [0.717, 1.165) is 11.1 Å². The van der Waals surface area contributed by atoms with Crippen molar-refractivity contribution in [3.8, 4) is 5.75 Å². The molecule has 0 spiro atoms. The number of methoxy groups -OCH3 is 1. The lowest BCUT2D eigenvalue weighted by Crippen LogP contribution is -2.21. The van der Waals surface area contributed by atoms with Gasteiger partial charge in [0.2, 0.25) is 0 Å². The van der Waals surface area contributed by atoms with E-state index in [1.807, 2.05) is 19.9 Å². The third kappa shape index (κ3) is 2.45. The Morgan fingerprint density at radius 3 is 2.81 bits per heavy atom. The van der Waals surface area contributed by atoms with Gasteiger partial charge in [0.05, 0.1) is 18.4 Å². The highest BCUT2D eigenvalue weighted by Crippen LogP contribution is 2.45. The molecule has 0 unspecified atom stereocenters. The van der Waals surface area contributed by atoms with Crippen LogP contribution in [-0.4, -0.2) is 23.6 Å². The fourth-order valence-corrected chi connectivity index (χ4v) is 3.34. The Kier molecular flexibility index (Phi) is 3.57. The van der Waals surface area contributed by atoms with Crippen molar-refractivity contribution >= 4 is 22.7 Å². The molecular formula is C20H17FN2O3. The highest BCUT2D eigenvalue weighted by Gasteiger charge is 2.39. The molecule has 0 fully saturated rings. The molecule has 1 N–H and O–H groups in total. The van der Waals surface area contributed by atoms with Crippen molar-refractivity contribution < 1.29 is 18.7 Å². The molecule has 3 heterocycles. The van der Waals surface area contributed by atoms with E-state index in [9.17, 15) is 9.18 Å². The fourth-order valence-electron chi connectivity index (χ4n) is 3.34. The summed E-state index contributed by atoms with van der Waals surface area (Å²) in [5, 5.41) is 2.69. The summed E-state index contributed by atoms with van der Waals surface area (Å²) in [7, 11) is 1.59. The number of hydrogen-bond donors (Lipinski definition) is 1. The lowest BCUT2D eigenvalue weighted by molar-refractivity contribution is -0.111. The summed E-state index contributed by atoms with van der Waals surface area (Å²) in [5.74, 6) is 0.401. The monoisotopic (exact) mass is 352 g/mol. The molecular weight excluding hydrogens is 335 g/mol. The molecule has 1 amide bonds. The summed E-state index contributed by atoms with van der Waals surface area (Å²) in [5.41, 5.74) is 2.44. The number of benzene rings is 1.